The average molecular weight is 308 g/mol. The van der Waals surface area contributed by atoms with Gasteiger partial charge >= 0.3 is 5.97 Å². The Morgan fingerprint density at radius 2 is 2.22 bits per heavy atom. The van der Waals surface area contributed by atoms with Crippen LogP contribution in [0.5, 0.6) is 0 Å². The molecule has 0 aliphatic heterocycles. The van der Waals surface area contributed by atoms with E-state index in [1.54, 1.807) is 0 Å². The lowest BCUT2D eigenvalue weighted by atomic mass is 10.1. The van der Waals surface area contributed by atoms with E-state index < -0.39 is 0 Å². The Bertz CT molecular complexity index is 614. The van der Waals surface area contributed by atoms with Crippen LogP contribution in [0.25, 0.3) is 10.9 Å². The van der Waals surface area contributed by atoms with Gasteiger partial charge in [0.1, 0.15) is 5.69 Å². The Balaban J connectivity index is 2.03. The third-order valence-electron chi connectivity index (χ3n) is 3.25. The van der Waals surface area contributed by atoms with Crippen molar-refractivity contribution in [2.24, 2.45) is 0 Å². The predicted octanol–water partition coefficient (Wildman–Crippen LogP) is 3.98. The molecular weight excluding hydrogens is 294 g/mol. The van der Waals surface area contributed by atoms with E-state index in [4.69, 9.17) is 4.74 Å². The number of hydrogen-bond donors (Lipinski definition) is 1. The number of benzene rings is 1. The van der Waals surface area contributed by atoms with Gasteiger partial charge in [-0.15, -0.1) is 0 Å². The maximum Gasteiger partial charge on any atom is 0.354 e. The van der Waals surface area contributed by atoms with E-state index in [1.165, 1.54) is 18.4 Å². The minimum Gasteiger partial charge on any atom is -0.461 e. The Kier molecular flexibility index (Phi) is 2.90. The molecule has 1 fully saturated rings. The van der Waals surface area contributed by atoms with Gasteiger partial charge in [-0.3, -0.25) is 0 Å². The number of carbonyl (C=O) groups excluding carboxylic acids is 1. The molecule has 0 radical (unpaired) electrons. The lowest BCUT2D eigenvalue weighted by Gasteiger charge is -2.02. The van der Waals surface area contributed by atoms with Crippen molar-refractivity contribution in [2.45, 2.75) is 25.7 Å². The van der Waals surface area contributed by atoms with E-state index in [1.807, 2.05) is 13.0 Å². The summed E-state index contributed by atoms with van der Waals surface area (Å²) in [5.41, 5.74) is 2.86. The summed E-state index contributed by atoms with van der Waals surface area (Å²) in [6.07, 6.45) is 2.52. The second-order valence-electron chi connectivity index (χ2n) is 4.64. The smallest absolute Gasteiger partial charge is 0.354 e. The quantitative estimate of drug-likeness (QED) is 0.871. The molecular formula is C14H14BrNO2. The molecule has 0 saturated heterocycles. The van der Waals surface area contributed by atoms with Crippen LogP contribution in [0.4, 0.5) is 0 Å². The van der Waals surface area contributed by atoms with E-state index >= 15 is 0 Å². The summed E-state index contributed by atoms with van der Waals surface area (Å²) in [6, 6.07) is 6.05. The number of hydrogen-bond acceptors (Lipinski definition) is 2. The fraction of sp³-hybridized carbons (Fsp3) is 0.357. The van der Waals surface area contributed by atoms with Gasteiger partial charge in [0.05, 0.1) is 6.61 Å². The van der Waals surface area contributed by atoms with Gasteiger partial charge in [-0.2, -0.15) is 0 Å². The Morgan fingerprint density at radius 3 is 2.89 bits per heavy atom. The van der Waals surface area contributed by atoms with E-state index in [9.17, 15) is 4.79 Å². The Morgan fingerprint density at radius 1 is 1.44 bits per heavy atom. The molecule has 94 valence electrons. The molecule has 1 N–H and O–H groups in total. The first kappa shape index (κ1) is 11.8. The van der Waals surface area contributed by atoms with Crippen molar-refractivity contribution in [3.63, 3.8) is 0 Å². The van der Waals surface area contributed by atoms with Crippen molar-refractivity contribution in [2.75, 3.05) is 6.61 Å². The maximum atomic E-state index is 11.7. The van der Waals surface area contributed by atoms with Gasteiger partial charge in [-0.05, 0) is 49.4 Å². The molecule has 1 aromatic carbocycles. The van der Waals surface area contributed by atoms with Crippen LogP contribution < -0.4 is 0 Å². The monoisotopic (exact) mass is 307 g/mol. The number of nitrogens with one attached hydrogen (secondary N) is 1. The molecule has 1 aliphatic carbocycles. The van der Waals surface area contributed by atoms with Crippen LogP contribution in [0, 0.1) is 0 Å². The number of esters is 1. The molecule has 4 heteroatoms. The zero-order valence-corrected chi connectivity index (χ0v) is 11.7. The summed E-state index contributed by atoms with van der Waals surface area (Å²) in [4.78, 5) is 14.8. The summed E-state index contributed by atoms with van der Waals surface area (Å²) in [5, 5.41) is 1.04. The molecule has 0 amide bonds. The molecule has 2 aromatic rings. The number of halogens is 1. The number of fused-ring (bicyclic) bond motifs is 1. The van der Waals surface area contributed by atoms with Gasteiger partial charge in [0.2, 0.25) is 0 Å². The molecule has 18 heavy (non-hydrogen) atoms. The molecule has 1 aliphatic rings. The zero-order chi connectivity index (χ0) is 12.7. The molecule has 3 nitrogen and oxygen atoms in total. The SMILES string of the molecule is CCOC(=O)c1cc2cc(Br)c(C3CC3)cc2[nH]1. The fourth-order valence-electron chi connectivity index (χ4n) is 2.20. The zero-order valence-electron chi connectivity index (χ0n) is 10.1. The van der Waals surface area contributed by atoms with Crippen molar-refractivity contribution in [1.29, 1.82) is 0 Å². The number of ether oxygens (including phenoxy) is 1. The Labute approximate surface area is 114 Å². The molecule has 1 heterocycles. The van der Waals surface area contributed by atoms with Crippen LogP contribution in [0.15, 0.2) is 22.7 Å². The van der Waals surface area contributed by atoms with Crippen molar-refractivity contribution in [1.82, 2.24) is 4.98 Å². The van der Waals surface area contributed by atoms with Crippen LogP contribution >= 0.6 is 15.9 Å². The summed E-state index contributed by atoms with van der Waals surface area (Å²) in [7, 11) is 0. The second-order valence-corrected chi connectivity index (χ2v) is 5.49. The van der Waals surface area contributed by atoms with Crippen LogP contribution in [0.3, 0.4) is 0 Å². The number of aromatic nitrogens is 1. The fourth-order valence-corrected chi connectivity index (χ4v) is 2.88. The highest BCUT2D eigenvalue weighted by atomic mass is 79.9. The molecule has 0 bridgehead atoms. The second kappa shape index (κ2) is 4.43. The highest BCUT2D eigenvalue weighted by molar-refractivity contribution is 9.10. The first-order valence-corrected chi connectivity index (χ1v) is 6.97. The minimum atomic E-state index is -0.294. The van der Waals surface area contributed by atoms with Crippen LogP contribution in [-0.4, -0.2) is 17.6 Å². The van der Waals surface area contributed by atoms with Crippen molar-refractivity contribution < 1.29 is 9.53 Å². The number of carbonyl (C=O) groups is 1. The van der Waals surface area contributed by atoms with Crippen molar-refractivity contribution in [3.8, 4) is 0 Å². The summed E-state index contributed by atoms with van der Waals surface area (Å²) >= 11 is 3.60. The molecule has 0 spiro atoms. The van der Waals surface area contributed by atoms with E-state index in [0.717, 1.165) is 15.4 Å². The van der Waals surface area contributed by atoms with Gasteiger partial charge in [-0.25, -0.2) is 4.79 Å². The summed E-state index contributed by atoms with van der Waals surface area (Å²) in [6.45, 7) is 2.20. The van der Waals surface area contributed by atoms with Gasteiger partial charge < -0.3 is 9.72 Å². The average Bonchev–Trinajstić information content (AvgIpc) is 3.09. The molecule has 1 aromatic heterocycles. The van der Waals surface area contributed by atoms with Crippen LogP contribution in [-0.2, 0) is 4.74 Å². The van der Waals surface area contributed by atoms with Crippen molar-refractivity contribution >= 4 is 32.8 Å². The van der Waals surface area contributed by atoms with E-state index in [-0.39, 0.29) is 5.97 Å². The molecule has 0 unspecified atom stereocenters. The van der Waals surface area contributed by atoms with Crippen molar-refractivity contribution in [3.05, 3.63) is 33.9 Å². The highest BCUT2D eigenvalue weighted by Crippen LogP contribution is 2.44. The number of rotatable bonds is 3. The van der Waals surface area contributed by atoms with Crippen LogP contribution in [0.2, 0.25) is 0 Å². The van der Waals surface area contributed by atoms with Gasteiger partial charge in [0.25, 0.3) is 0 Å². The largest absolute Gasteiger partial charge is 0.461 e. The topological polar surface area (TPSA) is 42.1 Å². The van der Waals surface area contributed by atoms with E-state index in [0.29, 0.717) is 18.2 Å². The first-order chi connectivity index (χ1) is 8.69. The number of aromatic amines is 1. The lowest BCUT2D eigenvalue weighted by Crippen LogP contribution is -2.04. The summed E-state index contributed by atoms with van der Waals surface area (Å²) in [5.74, 6) is 0.385. The number of H-pyrrole nitrogens is 1. The molecule has 3 rings (SSSR count). The van der Waals surface area contributed by atoms with Gasteiger partial charge in [0.15, 0.2) is 0 Å². The maximum absolute atomic E-state index is 11.7. The standard InChI is InChI=1S/C14H14BrNO2/c1-2-18-14(17)13-6-9-5-11(15)10(8-3-4-8)7-12(9)16-13/h5-8,16H,2-4H2,1H3. The van der Waals surface area contributed by atoms with Gasteiger partial charge in [-0.1, -0.05) is 15.9 Å². The minimum absolute atomic E-state index is 0.294. The first-order valence-electron chi connectivity index (χ1n) is 6.18. The summed E-state index contributed by atoms with van der Waals surface area (Å²) < 4.78 is 6.13. The van der Waals surface area contributed by atoms with Crippen LogP contribution in [0.1, 0.15) is 41.7 Å². The normalized spacial score (nSPS) is 15.0. The predicted molar refractivity (Wildman–Crippen MR) is 73.9 cm³/mol. The van der Waals surface area contributed by atoms with Gasteiger partial charge in [0, 0.05) is 15.4 Å². The third-order valence-corrected chi connectivity index (χ3v) is 3.94. The van der Waals surface area contributed by atoms with E-state index in [2.05, 4.69) is 33.0 Å². The molecule has 1 saturated carbocycles. The highest BCUT2D eigenvalue weighted by Gasteiger charge is 2.26. The third kappa shape index (κ3) is 2.05. The molecule has 0 atom stereocenters. The lowest BCUT2D eigenvalue weighted by molar-refractivity contribution is 0.0520. The Hall–Kier alpha value is -1.29.